The van der Waals surface area contributed by atoms with Gasteiger partial charge < -0.3 is 19.7 Å². The van der Waals surface area contributed by atoms with Gasteiger partial charge in [-0.25, -0.2) is 0 Å². The van der Waals surface area contributed by atoms with Crippen molar-refractivity contribution in [2.75, 3.05) is 13.2 Å². The number of phenolic OH excluding ortho intramolecular Hbond substituents is 2. The molecule has 0 saturated heterocycles. The van der Waals surface area contributed by atoms with E-state index in [9.17, 15) is 10.2 Å². The summed E-state index contributed by atoms with van der Waals surface area (Å²) in [6.07, 6.45) is 3.38. The number of phenols is 2. The smallest absolute Gasteiger partial charge is 0.123 e. The minimum absolute atomic E-state index is 0.213. The molecule has 0 amide bonds. The van der Waals surface area contributed by atoms with E-state index in [0.29, 0.717) is 35.8 Å². The van der Waals surface area contributed by atoms with Crippen LogP contribution in [0.25, 0.3) is 0 Å². The summed E-state index contributed by atoms with van der Waals surface area (Å²) >= 11 is 0. The number of benzene rings is 2. The van der Waals surface area contributed by atoms with E-state index in [1.165, 1.54) is 0 Å². The van der Waals surface area contributed by atoms with Crippen molar-refractivity contribution in [1.29, 1.82) is 0 Å². The van der Waals surface area contributed by atoms with Crippen LogP contribution in [0.2, 0.25) is 0 Å². The summed E-state index contributed by atoms with van der Waals surface area (Å²) < 4.78 is 11.7. The molecule has 0 spiro atoms. The summed E-state index contributed by atoms with van der Waals surface area (Å²) in [6.45, 7) is 22.4. The lowest BCUT2D eigenvalue weighted by atomic mass is 9.79. The molecule has 0 saturated carbocycles. The van der Waals surface area contributed by atoms with Crippen molar-refractivity contribution in [3.8, 4) is 23.0 Å². The Morgan fingerprint density at radius 3 is 1.38 bits per heavy atom. The molecule has 32 heavy (non-hydrogen) atoms. The quantitative estimate of drug-likeness (QED) is 0.437. The summed E-state index contributed by atoms with van der Waals surface area (Å²) in [6, 6.07) is 7.43. The summed E-state index contributed by atoms with van der Waals surface area (Å²) in [5.41, 5.74) is 2.37. The molecule has 0 atom stereocenters. The Bertz CT molecular complexity index is 895. The van der Waals surface area contributed by atoms with Gasteiger partial charge in [0, 0.05) is 28.2 Å². The lowest BCUT2D eigenvalue weighted by Gasteiger charge is -2.28. The number of hydrogen-bond acceptors (Lipinski definition) is 4. The first-order valence-corrected chi connectivity index (χ1v) is 11.0. The minimum atomic E-state index is -0.309. The zero-order valence-corrected chi connectivity index (χ0v) is 20.6. The van der Waals surface area contributed by atoms with Crippen LogP contribution in [-0.2, 0) is 10.8 Å². The predicted octanol–water partition coefficient (Wildman–Crippen LogP) is 6.97. The van der Waals surface area contributed by atoms with Gasteiger partial charge in [0.05, 0.1) is 0 Å². The lowest BCUT2D eigenvalue weighted by molar-refractivity contribution is 0.356. The van der Waals surface area contributed by atoms with Crippen molar-refractivity contribution in [1.82, 2.24) is 0 Å². The molecule has 0 aromatic heterocycles. The van der Waals surface area contributed by atoms with Crippen LogP contribution in [0.1, 0.15) is 76.6 Å². The van der Waals surface area contributed by atoms with Crippen LogP contribution in [0.5, 0.6) is 23.0 Å². The molecular formula is C28H38O4. The van der Waals surface area contributed by atoms with E-state index in [2.05, 4.69) is 13.2 Å². The second-order valence-corrected chi connectivity index (χ2v) is 10.2. The molecule has 4 heteroatoms. The van der Waals surface area contributed by atoms with Crippen molar-refractivity contribution in [3.05, 3.63) is 71.8 Å². The van der Waals surface area contributed by atoms with Gasteiger partial charge in [-0.1, -0.05) is 73.8 Å². The van der Waals surface area contributed by atoms with E-state index in [4.69, 9.17) is 9.47 Å². The standard InChI is InChI=1S/C28H38O4/c1-10-12-31-19-14-21(25(29)23(16-19)27(4,5)6)18(3)22-15-20(32-13-11-2)17-24(26(22)30)28(7,8)9/h10-11,14-18,29-30H,1-2,12-13H2,3-9H3. The van der Waals surface area contributed by atoms with Crippen molar-refractivity contribution in [2.45, 2.75) is 65.2 Å². The van der Waals surface area contributed by atoms with E-state index in [1.54, 1.807) is 12.2 Å². The Labute approximate surface area is 193 Å². The molecule has 2 aromatic rings. The van der Waals surface area contributed by atoms with Gasteiger partial charge in [-0.2, -0.15) is 0 Å². The molecule has 0 bridgehead atoms. The maximum absolute atomic E-state index is 11.2. The van der Waals surface area contributed by atoms with Gasteiger partial charge in [0.1, 0.15) is 36.2 Å². The molecule has 0 radical (unpaired) electrons. The van der Waals surface area contributed by atoms with E-state index in [0.717, 1.165) is 11.1 Å². The van der Waals surface area contributed by atoms with Crippen LogP contribution < -0.4 is 9.47 Å². The van der Waals surface area contributed by atoms with Gasteiger partial charge in [-0.05, 0) is 35.1 Å². The Hall–Kier alpha value is -2.88. The molecule has 174 valence electrons. The molecular weight excluding hydrogens is 400 g/mol. The fraction of sp³-hybridized carbons (Fsp3) is 0.429. The Morgan fingerprint density at radius 1 is 0.750 bits per heavy atom. The topological polar surface area (TPSA) is 58.9 Å². The summed E-state index contributed by atoms with van der Waals surface area (Å²) in [7, 11) is 0. The van der Waals surface area contributed by atoms with Crippen LogP contribution >= 0.6 is 0 Å². The molecule has 0 aliphatic carbocycles. The van der Waals surface area contributed by atoms with Gasteiger partial charge in [-0.15, -0.1) is 0 Å². The molecule has 0 aliphatic rings. The summed E-state index contributed by atoms with van der Waals surface area (Å²) in [5, 5.41) is 22.5. The molecule has 0 fully saturated rings. The van der Waals surface area contributed by atoms with Gasteiger partial charge in [0.25, 0.3) is 0 Å². The second kappa shape index (κ2) is 9.72. The Kier molecular flexibility index (Phi) is 7.71. The first-order valence-electron chi connectivity index (χ1n) is 11.0. The van der Waals surface area contributed by atoms with E-state index < -0.39 is 0 Å². The van der Waals surface area contributed by atoms with Crippen LogP contribution in [-0.4, -0.2) is 23.4 Å². The highest BCUT2D eigenvalue weighted by atomic mass is 16.5. The van der Waals surface area contributed by atoms with Gasteiger partial charge in [0.15, 0.2) is 0 Å². The highest BCUT2D eigenvalue weighted by Crippen LogP contribution is 2.46. The molecule has 2 aromatic carbocycles. The molecule has 0 unspecified atom stereocenters. The van der Waals surface area contributed by atoms with Crippen molar-refractivity contribution >= 4 is 0 Å². The number of rotatable bonds is 8. The molecule has 4 nitrogen and oxygen atoms in total. The maximum Gasteiger partial charge on any atom is 0.123 e. The van der Waals surface area contributed by atoms with Crippen LogP contribution in [0.3, 0.4) is 0 Å². The van der Waals surface area contributed by atoms with E-state index >= 15 is 0 Å². The molecule has 2 rings (SSSR count). The van der Waals surface area contributed by atoms with Crippen LogP contribution in [0.15, 0.2) is 49.6 Å². The van der Waals surface area contributed by atoms with Crippen molar-refractivity contribution < 1.29 is 19.7 Å². The monoisotopic (exact) mass is 438 g/mol. The summed E-state index contributed by atoms with van der Waals surface area (Å²) in [4.78, 5) is 0. The van der Waals surface area contributed by atoms with Gasteiger partial charge >= 0.3 is 0 Å². The Balaban J connectivity index is 2.73. The number of ether oxygens (including phenoxy) is 2. The average molecular weight is 439 g/mol. The van der Waals surface area contributed by atoms with Crippen LogP contribution in [0, 0.1) is 0 Å². The largest absolute Gasteiger partial charge is 0.507 e. The molecule has 0 heterocycles. The first kappa shape index (κ1) is 25.4. The number of hydrogen-bond donors (Lipinski definition) is 2. The first-order chi connectivity index (χ1) is 14.8. The SMILES string of the molecule is C=CCOc1cc(C(C)c2cc(OCC=C)cc(C(C)(C)C)c2O)c(O)c(C(C)(C)C)c1. The van der Waals surface area contributed by atoms with Crippen molar-refractivity contribution in [3.63, 3.8) is 0 Å². The third kappa shape index (κ3) is 5.67. The lowest BCUT2D eigenvalue weighted by Crippen LogP contribution is -2.15. The minimum Gasteiger partial charge on any atom is -0.507 e. The van der Waals surface area contributed by atoms with Gasteiger partial charge in [-0.3, -0.25) is 0 Å². The average Bonchev–Trinajstić information content (AvgIpc) is 2.69. The van der Waals surface area contributed by atoms with E-state index in [1.807, 2.05) is 72.7 Å². The Morgan fingerprint density at radius 2 is 1.09 bits per heavy atom. The fourth-order valence-corrected chi connectivity index (χ4v) is 3.71. The zero-order valence-electron chi connectivity index (χ0n) is 20.6. The highest BCUT2D eigenvalue weighted by molar-refractivity contribution is 5.57. The van der Waals surface area contributed by atoms with Crippen LogP contribution in [0.4, 0.5) is 0 Å². The maximum atomic E-state index is 11.2. The second-order valence-electron chi connectivity index (χ2n) is 10.2. The highest BCUT2D eigenvalue weighted by Gasteiger charge is 2.28. The van der Waals surface area contributed by atoms with Crippen molar-refractivity contribution in [2.24, 2.45) is 0 Å². The third-order valence-corrected chi connectivity index (χ3v) is 5.51. The third-order valence-electron chi connectivity index (χ3n) is 5.51. The molecule has 0 aliphatic heterocycles. The van der Waals surface area contributed by atoms with Gasteiger partial charge in [0.2, 0.25) is 0 Å². The number of aromatic hydroxyl groups is 2. The van der Waals surface area contributed by atoms with E-state index in [-0.39, 0.29) is 28.2 Å². The zero-order chi connectivity index (χ0) is 24.3. The fourth-order valence-electron chi connectivity index (χ4n) is 3.71. The predicted molar refractivity (Wildman–Crippen MR) is 133 cm³/mol. The normalized spacial score (nSPS) is 12.0. The summed E-state index contributed by atoms with van der Waals surface area (Å²) in [5.74, 6) is 1.43. The molecule has 2 N–H and O–H groups in total.